The molecule has 1 aromatic carbocycles. The van der Waals surface area contributed by atoms with Crippen molar-refractivity contribution >= 4 is 34.9 Å². The largest absolute Gasteiger partial charge is 0.464 e. The van der Waals surface area contributed by atoms with Crippen LogP contribution in [0.25, 0.3) is 0 Å². The summed E-state index contributed by atoms with van der Waals surface area (Å²) in [6, 6.07) is 6.95. The van der Waals surface area contributed by atoms with Crippen LogP contribution in [0.1, 0.15) is 6.92 Å². The summed E-state index contributed by atoms with van der Waals surface area (Å²) in [6.45, 7) is 2.01. The molecule has 0 fully saturated rings. The van der Waals surface area contributed by atoms with E-state index in [9.17, 15) is 4.79 Å². The Kier molecular flexibility index (Phi) is 5.38. The fraction of sp³-hybridized carbons (Fsp3) is 0.300. The van der Waals surface area contributed by atoms with Crippen LogP contribution in [0.4, 0.5) is 5.69 Å². The second-order valence-corrected chi connectivity index (χ2v) is 3.76. The molecule has 1 unspecified atom stereocenters. The molecule has 0 spiro atoms. The first-order valence-corrected chi connectivity index (χ1v) is 5.52. The third kappa shape index (κ3) is 4.26. The maximum atomic E-state index is 11.1. The highest BCUT2D eigenvalue weighted by Gasteiger charge is 2.14. The Balaban J connectivity index is 2.39. The number of nitrogens with one attached hydrogen (secondary N) is 2. The molecule has 4 nitrogen and oxygen atoms in total. The van der Waals surface area contributed by atoms with Gasteiger partial charge in [0.25, 0.3) is 0 Å². The number of rotatable bonds is 5. The predicted molar refractivity (Wildman–Crippen MR) is 64.5 cm³/mol. The Morgan fingerprint density at radius 1 is 1.44 bits per heavy atom. The molecule has 88 valence electrons. The van der Waals surface area contributed by atoms with E-state index >= 15 is 0 Å². The Morgan fingerprint density at radius 3 is 2.62 bits per heavy atom. The zero-order chi connectivity index (χ0) is 12.0. The van der Waals surface area contributed by atoms with Crippen molar-refractivity contribution in [3.05, 3.63) is 29.3 Å². The van der Waals surface area contributed by atoms with Gasteiger partial charge in [0.1, 0.15) is 0 Å². The van der Waals surface area contributed by atoms with Gasteiger partial charge in [0.05, 0.1) is 6.61 Å². The number of carbonyl (C=O) groups excluding carboxylic acids is 1. The average Bonchev–Trinajstić information content (AvgIpc) is 2.28. The van der Waals surface area contributed by atoms with Crippen molar-refractivity contribution in [2.75, 3.05) is 12.0 Å². The zero-order valence-electron chi connectivity index (χ0n) is 8.67. The van der Waals surface area contributed by atoms with E-state index in [0.717, 1.165) is 5.69 Å². The highest BCUT2D eigenvalue weighted by molar-refractivity contribution is 6.30. The molecule has 1 rings (SSSR count). The van der Waals surface area contributed by atoms with Crippen LogP contribution in [-0.4, -0.2) is 18.1 Å². The highest BCUT2D eigenvalue weighted by Crippen LogP contribution is 2.12. The molecule has 16 heavy (non-hydrogen) atoms. The van der Waals surface area contributed by atoms with Crippen LogP contribution in [0.3, 0.4) is 0 Å². The average molecular weight is 263 g/mol. The number of esters is 1. The molecular formula is C10H12Cl2N2O2. The van der Waals surface area contributed by atoms with Gasteiger partial charge in [-0.2, -0.15) is 0 Å². The van der Waals surface area contributed by atoms with Gasteiger partial charge in [-0.25, -0.2) is 10.2 Å². The lowest BCUT2D eigenvalue weighted by atomic mass is 10.3. The summed E-state index contributed by atoms with van der Waals surface area (Å²) in [5, 5.41) is 0.637. The Morgan fingerprint density at radius 2 is 2.06 bits per heavy atom. The molecule has 0 aliphatic rings. The number of anilines is 1. The number of halogens is 2. The maximum Gasteiger partial charge on any atom is 0.340 e. The fourth-order valence-corrected chi connectivity index (χ4v) is 1.20. The van der Waals surface area contributed by atoms with E-state index in [2.05, 4.69) is 10.9 Å². The maximum absolute atomic E-state index is 11.1. The van der Waals surface area contributed by atoms with E-state index in [-0.39, 0.29) is 0 Å². The van der Waals surface area contributed by atoms with Crippen molar-refractivity contribution in [1.82, 2.24) is 5.43 Å². The summed E-state index contributed by atoms with van der Waals surface area (Å²) in [6.07, 6.45) is 0. The molecule has 0 radical (unpaired) electrons. The summed E-state index contributed by atoms with van der Waals surface area (Å²) in [5.41, 5.74) is 5.19. The second kappa shape index (κ2) is 6.58. The van der Waals surface area contributed by atoms with Crippen LogP contribution >= 0.6 is 23.2 Å². The van der Waals surface area contributed by atoms with Gasteiger partial charge in [0.2, 0.25) is 0 Å². The van der Waals surface area contributed by atoms with Gasteiger partial charge < -0.3 is 10.2 Å². The molecule has 1 atom stereocenters. The molecule has 0 heterocycles. The van der Waals surface area contributed by atoms with Gasteiger partial charge in [-0.15, -0.1) is 0 Å². The van der Waals surface area contributed by atoms with Crippen molar-refractivity contribution in [3.8, 4) is 0 Å². The van der Waals surface area contributed by atoms with Crippen LogP contribution in [0.5, 0.6) is 0 Å². The highest BCUT2D eigenvalue weighted by atomic mass is 35.5. The van der Waals surface area contributed by atoms with Crippen LogP contribution in [0, 0.1) is 0 Å². The number of hydrogen-bond donors (Lipinski definition) is 2. The van der Waals surface area contributed by atoms with Crippen molar-refractivity contribution in [1.29, 1.82) is 0 Å². The Labute approximate surface area is 104 Å². The first-order valence-electron chi connectivity index (χ1n) is 4.71. The molecular weight excluding hydrogens is 251 g/mol. The lowest BCUT2D eigenvalue weighted by Gasteiger charge is -2.12. The van der Waals surface area contributed by atoms with Crippen LogP contribution in [-0.2, 0) is 9.53 Å². The smallest absolute Gasteiger partial charge is 0.340 e. The van der Waals surface area contributed by atoms with Gasteiger partial charge in [-0.05, 0) is 31.2 Å². The minimum absolute atomic E-state index is 0.296. The Hall–Kier alpha value is -0.970. The molecule has 0 amide bonds. The van der Waals surface area contributed by atoms with Crippen molar-refractivity contribution < 1.29 is 9.53 Å². The zero-order valence-corrected chi connectivity index (χ0v) is 10.2. The van der Waals surface area contributed by atoms with Crippen molar-refractivity contribution in [2.45, 2.75) is 12.4 Å². The number of carbonyl (C=O) groups is 1. The van der Waals surface area contributed by atoms with Crippen LogP contribution in [0.2, 0.25) is 5.02 Å². The first-order chi connectivity index (χ1) is 7.63. The minimum atomic E-state index is -0.935. The molecule has 0 aliphatic carbocycles. The Bertz CT molecular complexity index is 343. The van der Waals surface area contributed by atoms with Gasteiger partial charge in [0, 0.05) is 10.7 Å². The fourth-order valence-electron chi connectivity index (χ4n) is 0.954. The van der Waals surface area contributed by atoms with E-state index in [0.29, 0.717) is 11.6 Å². The molecule has 0 saturated carbocycles. The summed E-state index contributed by atoms with van der Waals surface area (Å²) in [7, 11) is 0. The van der Waals surface area contributed by atoms with Gasteiger partial charge in [-0.1, -0.05) is 23.2 Å². The number of alkyl halides is 1. The van der Waals surface area contributed by atoms with E-state index in [1.165, 1.54) is 0 Å². The van der Waals surface area contributed by atoms with Gasteiger partial charge in [-0.3, -0.25) is 0 Å². The molecule has 0 aliphatic heterocycles. The third-order valence-corrected chi connectivity index (χ3v) is 2.22. The molecule has 0 bridgehead atoms. The summed E-state index contributed by atoms with van der Waals surface area (Å²) < 4.78 is 4.72. The van der Waals surface area contributed by atoms with E-state index in [1.807, 2.05) is 0 Å². The van der Waals surface area contributed by atoms with Gasteiger partial charge in [0.15, 0.2) is 5.50 Å². The molecule has 2 N–H and O–H groups in total. The summed E-state index contributed by atoms with van der Waals surface area (Å²) >= 11 is 11.4. The second-order valence-electron chi connectivity index (χ2n) is 2.89. The molecule has 0 aromatic heterocycles. The van der Waals surface area contributed by atoms with E-state index in [4.69, 9.17) is 27.9 Å². The predicted octanol–water partition coefficient (Wildman–Crippen LogP) is 2.38. The lowest BCUT2D eigenvalue weighted by molar-refractivity contribution is -0.143. The lowest BCUT2D eigenvalue weighted by Crippen LogP contribution is -2.37. The normalized spacial score (nSPS) is 11.9. The number of benzene rings is 1. The molecule has 6 heteroatoms. The topological polar surface area (TPSA) is 50.4 Å². The SMILES string of the molecule is CCOC(=O)C(Cl)NNc1ccc(Cl)cc1. The monoisotopic (exact) mass is 262 g/mol. The van der Waals surface area contributed by atoms with Crippen molar-refractivity contribution in [2.24, 2.45) is 0 Å². The van der Waals surface area contributed by atoms with Crippen LogP contribution < -0.4 is 10.9 Å². The quantitative estimate of drug-likeness (QED) is 0.370. The number of ether oxygens (including phenoxy) is 1. The van der Waals surface area contributed by atoms with Crippen molar-refractivity contribution in [3.63, 3.8) is 0 Å². The summed E-state index contributed by atoms with van der Waals surface area (Å²) in [4.78, 5) is 11.1. The molecule has 0 saturated heterocycles. The van der Waals surface area contributed by atoms with E-state index in [1.54, 1.807) is 31.2 Å². The van der Waals surface area contributed by atoms with Crippen LogP contribution in [0.15, 0.2) is 24.3 Å². The standard InChI is InChI=1S/C10H12Cl2N2O2/c1-2-16-10(15)9(12)14-13-8-5-3-7(11)4-6-8/h3-6,9,13-14H,2H2,1H3. The number of hydrogen-bond acceptors (Lipinski definition) is 4. The molecule has 1 aromatic rings. The van der Waals surface area contributed by atoms with Gasteiger partial charge >= 0.3 is 5.97 Å². The minimum Gasteiger partial charge on any atom is -0.464 e. The third-order valence-electron chi connectivity index (χ3n) is 1.68. The van der Waals surface area contributed by atoms with E-state index < -0.39 is 11.5 Å². The number of hydrazine groups is 1. The first kappa shape index (κ1) is 13.1. The summed E-state index contributed by atoms with van der Waals surface area (Å²) in [5.74, 6) is -0.523.